The smallest absolute Gasteiger partial charge is 0.327 e. The summed E-state index contributed by atoms with van der Waals surface area (Å²) in [5, 5.41) is 19.3. The summed E-state index contributed by atoms with van der Waals surface area (Å²) in [5.74, 6) is -0.504. The first-order valence-corrected chi connectivity index (χ1v) is 6.12. The van der Waals surface area contributed by atoms with Gasteiger partial charge >= 0.3 is 5.97 Å². The van der Waals surface area contributed by atoms with Crippen LogP contribution in [0.4, 0.5) is 0 Å². The van der Waals surface area contributed by atoms with Gasteiger partial charge in [-0.3, -0.25) is 4.79 Å². The predicted octanol–water partition coefficient (Wildman–Crippen LogP) is 0.271. The van der Waals surface area contributed by atoms with Crippen molar-refractivity contribution in [1.82, 2.24) is 0 Å². The van der Waals surface area contributed by atoms with Crippen molar-refractivity contribution >= 4 is 18.6 Å². The molecule has 5 atom stereocenters. The Labute approximate surface area is 99.9 Å². The standard InChI is InChI=1S/C11H17NO3S/c12-11(5-16,10(14)15)9(13)8-4-6-1-2-7(8)3-6/h1-2,6-9,13,16H,3-5,12H2,(H,14,15)/t6?,7?,8?,9-,11-/m1/s1. The molecule has 0 aliphatic heterocycles. The van der Waals surface area contributed by atoms with Gasteiger partial charge in [-0.2, -0.15) is 12.6 Å². The quantitative estimate of drug-likeness (QED) is 0.422. The first kappa shape index (κ1) is 12.0. The van der Waals surface area contributed by atoms with Crippen molar-refractivity contribution in [3.63, 3.8) is 0 Å². The molecule has 0 aromatic carbocycles. The maximum atomic E-state index is 11.1. The molecule has 0 spiro atoms. The van der Waals surface area contributed by atoms with Crippen molar-refractivity contribution < 1.29 is 15.0 Å². The number of allylic oxidation sites excluding steroid dienone is 2. The number of aliphatic carboxylic acids is 1. The molecule has 2 rings (SSSR count). The molecule has 0 aromatic heterocycles. The Kier molecular flexibility index (Phi) is 3.03. The summed E-state index contributed by atoms with van der Waals surface area (Å²) in [6, 6.07) is 0. The molecular formula is C11H17NO3S. The lowest BCUT2D eigenvalue weighted by Gasteiger charge is -2.35. The Morgan fingerprint density at radius 2 is 2.25 bits per heavy atom. The van der Waals surface area contributed by atoms with Gasteiger partial charge in [-0.1, -0.05) is 12.2 Å². The van der Waals surface area contributed by atoms with Gasteiger partial charge in [-0.15, -0.1) is 0 Å². The van der Waals surface area contributed by atoms with Gasteiger partial charge in [0.05, 0.1) is 6.10 Å². The SMILES string of the molecule is N[C@@](CS)(C(=O)O)[C@H](O)C1CC2C=CC1C2. The highest BCUT2D eigenvalue weighted by atomic mass is 32.1. The number of hydrogen-bond acceptors (Lipinski definition) is 4. The summed E-state index contributed by atoms with van der Waals surface area (Å²) < 4.78 is 0. The number of carboxylic acids is 1. The predicted molar refractivity (Wildman–Crippen MR) is 63.3 cm³/mol. The number of carbonyl (C=O) groups is 1. The maximum absolute atomic E-state index is 11.1. The zero-order chi connectivity index (χ0) is 11.9. The second-order valence-corrected chi connectivity index (χ2v) is 5.21. The van der Waals surface area contributed by atoms with Crippen LogP contribution in [0.15, 0.2) is 12.2 Å². The topological polar surface area (TPSA) is 83.6 Å². The van der Waals surface area contributed by atoms with Gasteiger partial charge in [0.2, 0.25) is 0 Å². The van der Waals surface area contributed by atoms with Crippen LogP contribution >= 0.6 is 12.6 Å². The third-order valence-corrected chi connectivity index (χ3v) is 4.45. The van der Waals surface area contributed by atoms with Gasteiger partial charge in [-0.05, 0) is 30.6 Å². The minimum atomic E-state index is -1.63. The Balaban J connectivity index is 2.15. The lowest BCUT2D eigenvalue weighted by molar-refractivity contribution is -0.148. The van der Waals surface area contributed by atoms with E-state index in [0.717, 1.165) is 12.8 Å². The molecule has 90 valence electrons. The van der Waals surface area contributed by atoms with Gasteiger partial charge in [0.1, 0.15) is 5.54 Å². The second-order valence-electron chi connectivity index (χ2n) is 4.89. The van der Waals surface area contributed by atoms with Crippen LogP contribution in [-0.2, 0) is 4.79 Å². The third kappa shape index (κ3) is 1.67. The Bertz CT molecular complexity index is 333. The molecule has 0 heterocycles. The highest BCUT2D eigenvalue weighted by Crippen LogP contribution is 2.46. The van der Waals surface area contributed by atoms with Crippen LogP contribution in [0.3, 0.4) is 0 Å². The van der Waals surface area contributed by atoms with E-state index in [0.29, 0.717) is 5.92 Å². The zero-order valence-corrected chi connectivity index (χ0v) is 9.81. The lowest BCUT2D eigenvalue weighted by atomic mass is 9.79. The van der Waals surface area contributed by atoms with Crippen LogP contribution in [0.1, 0.15) is 12.8 Å². The van der Waals surface area contributed by atoms with Gasteiger partial charge in [0, 0.05) is 5.75 Å². The van der Waals surface area contributed by atoms with E-state index in [9.17, 15) is 9.90 Å². The van der Waals surface area contributed by atoms with E-state index in [4.69, 9.17) is 10.8 Å². The Morgan fingerprint density at radius 3 is 2.62 bits per heavy atom. The molecule has 1 saturated carbocycles. The fourth-order valence-electron chi connectivity index (χ4n) is 2.86. The molecule has 4 nitrogen and oxygen atoms in total. The first-order chi connectivity index (χ1) is 7.49. The minimum absolute atomic E-state index is 0.0387. The number of aliphatic hydroxyl groups is 1. The summed E-state index contributed by atoms with van der Waals surface area (Å²) in [7, 11) is 0. The molecule has 4 N–H and O–H groups in total. The van der Waals surface area contributed by atoms with Crippen LogP contribution in [0.2, 0.25) is 0 Å². The Morgan fingerprint density at radius 1 is 1.56 bits per heavy atom. The average Bonchev–Trinajstić information content (AvgIpc) is 2.88. The molecule has 2 bridgehead atoms. The van der Waals surface area contributed by atoms with Crippen LogP contribution < -0.4 is 5.73 Å². The van der Waals surface area contributed by atoms with Crippen molar-refractivity contribution in [3.05, 3.63) is 12.2 Å². The molecule has 0 radical (unpaired) electrons. The van der Waals surface area contributed by atoms with E-state index in [1.165, 1.54) is 0 Å². The van der Waals surface area contributed by atoms with Gasteiger partial charge in [-0.25, -0.2) is 0 Å². The highest BCUT2D eigenvalue weighted by Gasteiger charge is 2.50. The van der Waals surface area contributed by atoms with Gasteiger partial charge in [0.25, 0.3) is 0 Å². The van der Waals surface area contributed by atoms with Crippen LogP contribution in [0.5, 0.6) is 0 Å². The number of aliphatic hydroxyl groups excluding tert-OH is 1. The van der Waals surface area contributed by atoms with Crippen LogP contribution in [0.25, 0.3) is 0 Å². The van der Waals surface area contributed by atoms with Crippen LogP contribution in [0, 0.1) is 17.8 Å². The number of nitrogens with two attached hydrogens (primary N) is 1. The number of rotatable bonds is 4. The second kappa shape index (κ2) is 4.05. The molecule has 0 aromatic rings. The Hall–Kier alpha value is -0.520. The molecule has 0 saturated heterocycles. The molecule has 16 heavy (non-hydrogen) atoms. The minimum Gasteiger partial charge on any atom is -0.480 e. The number of thiol groups is 1. The summed E-state index contributed by atoms with van der Waals surface area (Å²) in [5.41, 5.74) is 4.11. The average molecular weight is 243 g/mol. The van der Waals surface area contributed by atoms with E-state index in [2.05, 4.69) is 24.8 Å². The summed E-state index contributed by atoms with van der Waals surface area (Å²) in [6.07, 6.45) is 5.05. The molecular weight excluding hydrogens is 226 g/mol. The molecule has 1 fully saturated rings. The van der Waals surface area contributed by atoms with E-state index < -0.39 is 17.6 Å². The van der Waals surface area contributed by atoms with Gasteiger partial charge < -0.3 is 15.9 Å². The van der Waals surface area contributed by atoms with Crippen molar-refractivity contribution in [2.45, 2.75) is 24.5 Å². The molecule has 5 heteroatoms. The number of hydrogen-bond donors (Lipinski definition) is 4. The van der Waals surface area contributed by atoms with Crippen molar-refractivity contribution in [2.24, 2.45) is 23.5 Å². The van der Waals surface area contributed by atoms with E-state index >= 15 is 0 Å². The summed E-state index contributed by atoms with van der Waals surface area (Å²) >= 11 is 3.96. The molecule has 2 aliphatic rings. The van der Waals surface area contributed by atoms with Crippen LogP contribution in [-0.4, -0.2) is 33.6 Å². The lowest BCUT2D eigenvalue weighted by Crippen LogP contribution is -2.61. The van der Waals surface area contributed by atoms with Crippen molar-refractivity contribution in [2.75, 3.05) is 5.75 Å². The van der Waals surface area contributed by atoms with E-state index in [-0.39, 0.29) is 17.6 Å². The largest absolute Gasteiger partial charge is 0.480 e. The third-order valence-electron chi connectivity index (χ3n) is 3.92. The highest BCUT2D eigenvalue weighted by molar-refractivity contribution is 7.80. The number of fused-ring (bicyclic) bond motifs is 2. The first-order valence-electron chi connectivity index (χ1n) is 5.48. The zero-order valence-electron chi connectivity index (χ0n) is 8.91. The summed E-state index contributed by atoms with van der Waals surface area (Å²) in [6.45, 7) is 0. The molecule has 2 aliphatic carbocycles. The normalized spacial score (nSPS) is 37.3. The van der Waals surface area contributed by atoms with Crippen molar-refractivity contribution in [3.8, 4) is 0 Å². The van der Waals surface area contributed by atoms with E-state index in [1.54, 1.807) is 0 Å². The fraction of sp³-hybridized carbons (Fsp3) is 0.727. The van der Waals surface area contributed by atoms with Crippen molar-refractivity contribution in [1.29, 1.82) is 0 Å². The maximum Gasteiger partial charge on any atom is 0.327 e. The number of carboxylic acid groups (broad SMARTS) is 1. The van der Waals surface area contributed by atoms with Gasteiger partial charge in [0.15, 0.2) is 0 Å². The fourth-order valence-corrected chi connectivity index (χ4v) is 3.18. The summed E-state index contributed by atoms with van der Waals surface area (Å²) in [4.78, 5) is 11.1. The van der Waals surface area contributed by atoms with E-state index in [1.807, 2.05) is 0 Å². The monoisotopic (exact) mass is 243 g/mol. The molecule has 0 amide bonds. The molecule has 3 unspecified atom stereocenters.